The minimum Gasteiger partial charge on any atom is -0.310 e. The molecule has 0 aliphatic heterocycles. The van der Waals surface area contributed by atoms with Gasteiger partial charge in [-0.15, -0.1) is 0 Å². The van der Waals surface area contributed by atoms with E-state index in [-0.39, 0.29) is 0 Å². The maximum atomic E-state index is 2.61. The van der Waals surface area contributed by atoms with Crippen LogP contribution in [-0.4, -0.2) is 4.57 Å². The van der Waals surface area contributed by atoms with Crippen molar-refractivity contribution in [3.05, 3.63) is 252 Å². The normalized spacial score (nSPS) is 11.5. The van der Waals surface area contributed by atoms with Crippen molar-refractivity contribution in [1.82, 2.24) is 4.57 Å². The summed E-state index contributed by atoms with van der Waals surface area (Å²) in [5, 5.41) is 2.58. The molecule has 0 atom stereocenters. The van der Waals surface area contributed by atoms with Crippen LogP contribution in [0.15, 0.2) is 218 Å². The number of unbranched alkanes of at least 4 members (excludes halogenated alkanes) is 6. The second-order valence-corrected chi connectivity index (χ2v) is 22.5. The Kier molecular flexibility index (Phi) is 16.7. The minimum absolute atomic E-state index is 1.05. The van der Waals surface area contributed by atoms with Crippen LogP contribution in [0.5, 0.6) is 0 Å². The molecule has 0 aliphatic carbocycles. The molecule has 0 amide bonds. The summed E-state index contributed by atoms with van der Waals surface area (Å²) in [4.78, 5) is 2.44. The second kappa shape index (κ2) is 24.9. The zero-order valence-electron chi connectivity index (χ0n) is 48.2. The fourth-order valence-corrected chi connectivity index (χ4v) is 12.1. The molecule has 0 bridgehead atoms. The highest BCUT2D eigenvalue weighted by Crippen LogP contribution is 2.43. The summed E-state index contributed by atoms with van der Waals surface area (Å²) >= 11 is 0. The lowest BCUT2D eigenvalue weighted by Gasteiger charge is -2.27. The van der Waals surface area contributed by atoms with Gasteiger partial charge in [0.1, 0.15) is 0 Å². The first-order valence-corrected chi connectivity index (χ1v) is 29.9. The quantitative estimate of drug-likeness (QED) is 0.0651. The highest BCUT2D eigenvalue weighted by atomic mass is 15.1. The molecule has 10 aromatic carbocycles. The maximum Gasteiger partial charge on any atom is 0.0541 e. The Balaban J connectivity index is 0.992. The van der Waals surface area contributed by atoms with Crippen molar-refractivity contribution in [3.63, 3.8) is 0 Å². The van der Waals surface area contributed by atoms with Crippen molar-refractivity contribution in [2.24, 2.45) is 0 Å². The van der Waals surface area contributed by atoms with Crippen LogP contribution >= 0.6 is 0 Å². The number of para-hydroxylation sites is 1. The van der Waals surface area contributed by atoms with Gasteiger partial charge in [-0.25, -0.2) is 0 Å². The van der Waals surface area contributed by atoms with Crippen LogP contribution in [0.25, 0.3) is 83.1 Å². The molecule has 1 aromatic heterocycles. The first-order chi connectivity index (χ1) is 39.3. The SMILES string of the molecule is CCCCCCc1cc(-c2ccc(N(c3ccc(-c4ccc(C)cc4)cc3)c3ccc(-c4ccc(CCC)cc4)cc3)cc2C)c(CCCCCC)cc1-c1ccc2c(c1)c1ccccc1n2-c1ccc(-c2ccc(C)cc2)cc1. The molecule has 0 saturated carbocycles. The molecule has 1 heterocycles. The minimum atomic E-state index is 1.05. The molecule has 2 nitrogen and oxygen atoms in total. The smallest absolute Gasteiger partial charge is 0.0541 e. The van der Waals surface area contributed by atoms with E-state index in [0.29, 0.717) is 0 Å². The van der Waals surface area contributed by atoms with Gasteiger partial charge >= 0.3 is 0 Å². The standard InChI is InChI=1S/C78H78N2/c1-7-10-12-14-19-65-53-75(66(20-15-13-11-8-2)52-74(65)67-41-50-78-76(54-67)73-21-16-17-22-77(73)80(78)70-46-39-63(40-47-70)60-31-25-56(5)26-32-60)72-49-48-71(51-57(72)6)79(68-42-35-62(36-43-68)59-29-23-55(4)24-30-59)69-44-37-64(38-45-69)61-33-27-58(18-9-3)28-34-61/h16-17,21-54H,7-15,18-20H2,1-6H3. The Bertz CT molecular complexity index is 3840. The van der Waals surface area contributed by atoms with Crippen LogP contribution in [0.2, 0.25) is 0 Å². The molecule has 11 rings (SSSR count). The summed E-state index contributed by atoms with van der Waals surface area (Å²) in [6, 6.07) is 82.9. The Morgan fingerprint density at radius 1 is 0.325 bits per heavy atom. The molecule has 80 heavy (non-hydrogen) atoms. The van der Waals surface area contributed by atoms with E-state index in [1.54, 1.807) is 0 Å². The van der Waals surface area contributed by atoms with Gasteiger partial charge in [0.2, 0.25) is 0 Å². The number of aryl methyl sites for hydroxylation is 6. The third kappa shape index (κ3) is 11.7. The number of nitrogens with zero attached hydrogens (tertiary/aromatic N) is 2. The van der Waals surface area contributed by atoms with Crippen LogP contribution < -0.4 is 4.90 Å². The summed E-state index contributed by atoms with van der Waals surface area (Å²) in [5.74, 6) is 0. The maximum absolute atomic E-state index is 2.61. The molecule has 2 heteroatoms. The number of hydrogen-bond donors (Lipinski definition) is 0. The van der Waals surface area contributed by atoms with E-state index in [2.05, 4.69) is 269 Å². The first-order valence-electron chi connectivity index (χ1n) is 29.9. The fraction of sp³-hybridized carbons (Fsp3) is 0.231. The van der Waals surface area contributed by atoms with Crippen molar-refractivity contribution in [1.29, 1.82) is 0 Å². The Hall–Kier alpha value is -8.20. The summed E-state index contributed by atoms with van der Waals surface area (Å²) in [5.41, 5.74) is 28.0. The number of anilines is 3. The predicted octanol–water partition coefficient (Wildman–Crippen LogP) is 22.7. The van der Waals surface area contributed by atoms with Gasteiger partial charge in [0, 0.05) is 33.5 Å². The van der Waals surface area contributed by atoms with Crippen LogP contribution in [0, 0.1) is 20.8 Å². The van der Waals surface area contributed by atoms with Crippen molar-refractivity contribution in [2.75, 3.05) is 4.90 Å². The Morgan fingerprint density at radius 3 is 1.32 bits per heavy atom. The Labute approximate surface area is 477 Å². The van der Waals surface area contributed by atoms with E-state index in [1.165, 1.54) is 168 Å². The molecule has 0 N–H and O–H groups in total. The van der Waals surface area contributed by atoms with Gasteiger partial charge in [-0.3, -0.25) is 0 Å². The van der Waals surface area contributed by atoms with Crippen LogP contribution in [0.4, 0.5) is 17.1 Å². The monoisotopic (exact) mass is 1040 g/mol. The molecule has 11 aromatic rings. The number of aromatic nitrogens is 1. The van der Waals surface area contributed by atoms with Crippen molar-refractivity contribution >= 4 is 38.9 Å². The van der Waals surface area contributed by atoms with E-state index < -0.39 is 0 Å². The number of benzene rings is 10. The molecule has 0 fully saturated rings. The largest absolute Gasteiger partial charge is 0.310 e. The van der Waals surface area contributed by atoms with Gasteiger partial charge in [0.25, 0.3) is 0 Å². The Morgan fingerprint density at radius 2 is 0.787 bits per heavy atom. The zero-order valence-corrected chi connectivity index (χ0v) is 48.2. The zero-order chi connectivity index (χ0) is 55.0. The van der Waals surface area contributed by atoms with Crippen LogP contribution in [0.1, 0.15) is 112 Å². The van der Waals surface area contributed by atoms with Gasteiger partial charge < -0.3 is 9.47 Å². The van der Waals surface area contributed by atoms with Gasteiger partial charge in [-0.1, -0.05) is 229 Å². The molecular formula is C78H78N2. The predicted molar refractivity (Wildman–Crippen MR) is 347 cm³/mol. The average Bonchev–Trinajstić information content (AvgIpc) is 3.85. The van der Waals surface area contributed by atoms with E-state index in [9.17, 15) is 0 Å². The molecule has 400 valence electrons. The van der Waals surface area contributed by atoms with E-state index >= 15 is 0 Å². The topological polar surface area (TPSA) is 8.17 Å². The molecule has 0 aliphatic rings. The third-order valence-corrected chi connectivity index (χ3v) is 16.6. The van der Waals surface area contributed by atoms with Gasteiger partial charge in [0.05, 0.1) is 11.0 Å². The fourth-order valence-electron chi connectivity index (χ4n) is 12.1. The van der Waals surface area contributed by atoms with Gasteiger partial charge in [-0.05, 0) is 197 Å². The lowest BCUT2D eigenvalue weighted by molar-refractivity contribution is 0.664. The lowest BCUT2D eigenvalue weighted by atomic mass is 9.85. The number of rotatable bonds is 21. The van der Waals surface area contributed by atoms with E-state index in [1.807, 2.05) is 0 Å². The third-order valence-electron chi connectivity index (χ3n) is 16.6. The lowest BCUT2D eigenvalue weighted by Crippen LogP contribution is -2.10. The molecule has 0 radical (unpaired) electrons. The van der Waals surface area contributed by atoms with E-state index in [0.717, 1.165) is 42.7 Å². The summed E-state index contributed by atoms with van der Waals surface area (Å²) in [7, 11) is 0. The highest BCUT2D eigenvalue weighted by Gasteiger charge is 2.20. The van der Waals surface area contributed by atoms with Gasteiger partial charge in [-0.2, -0.15) is 0 Å². The van der Waals surface area contributed by atoms with Crippen molar-refractivity contribution < 1.29 is 0 Å². The summed E-state index contributed by atoms with van der Waals surface area (Å²) in [6.45, 7) is 13.5. The first kappa shape index (κ1) is 53.8. The molecule has 0 spiro atoms. The van der Waals surface area contributed by atoms with Gasteiger partial charge in [0.15, 0.2) is 0 Å². The summed E-state index contributed by atoms with van der Waals surface area (Å²) in [6.07, 6.45) is 14.1. The van der Waals surface area contributed by atoms with E-state index in [4.69, 9.17) is 0 Å². The van der Waals surface area contributed by atoms with Crippen LogP contribution in [0.3, 0.4) is 0 Å². The molecule has 0 saturated heterocycles. The molecular weight excluding hydrogens is 965 g/mol. The second-order valence-electron chi connectivity index (χ2n) is 22.5. The number of hydrogen-bond acceptors (Lipinski definition) is 1. The van der Waals surface area contributed by atoms with Crippen molar-refractivity contribution in [3.8, 4) is 61.3 Å². The van der Waals surface area contributed by atoms with Crippen molar-refractivity contribution in [2.45, 2.75) is 119 Å². The highest BCUT2D eigenvalue weighted by molar-refractivity contribution is 6.10. The van der Waals surface area contributed by atoms with Crippen LogP contribution in [-0.2, 0) is 19.3 Å². The number of fused-ring (bicyclic) bond motifs is 3. The average molecular weight is 1040 g/mol. The summed E-state index contributed by atoms with van der Waals surface area (Å²) < 4.78 is 2.46. The molecule has 0 unspecified atom stereocenters.